The van der Waals surface area contributed by atoms with Gasteiger partial charge in [-0.25, -0.2) is 0 Å². The molecule has 2 N–H and O–H groups in total. The maximum atomic E-state index is 12.9. The molecule has 1 aromatic carbocycles. The van der Waals surface area contributed by atoms with Gasteiger partial charge in [-0.05, 0) is 19.3 Å². The number of nitrogens with zero attached hydrogens (tertiary/aromatic N) is 3. The van der Waals surface area contributed by atoms with Crippen molar-refractivity contribution in [2.45, 2.75) is 31.6 Å². The lowest BCUT2D eigenvalue weighted by atomic mass is 9.86. The number of aromatic nitrogens is 2. The van der Waals surface area contributed by atoms with E-state index in [4.69, 9.17) is 0 Å². The minimum atomic E-state index is -0.706. The number of hydrogen-bond acceptors (Lipinski definition) is 6. The number of nitro benzene ring substituents is 1. The van der Waals surface area contributed by atoms with Crippen LogP contribution in [0, 0.1) is 10.1 Å². The first-order chi connectivity index (χ1) is 13.0. The summed E-state index contributed by atoms with van der Waals surface area (Å²) < 4.78 is 0. The molecule has 0 unspecified atom stereocenters. The van der Waals surface area contributed by atoms with E-state index in [0.29, 0.717) is 11.5 Å². The zero-order valence-corrected chi connectivity index (χ0v) is 14.6. The monoisotopic (exact) mass is 369 g/mol. The molecule has 1 saturated heterocycles. The molecule has 0 radical (unpaired) electrons. The van der Waals surface area contributed by atoms with Crippen molar-refractivity contribution in [3.63, 3.8) is 0 Å². The van der Waals surface area contributed by atoms with E-state index in [-0.39, 0.29) is 35.0 Å². The Morgan fingerprint density at radius 1 is 1.15 bits per heavy atom. The first-order valence-corrected chi connectivity index (χ1v) is 8.97. The second kappa shape index (κ2) is 6.82. The predicted octanol–water partition coefficient (Wildman–Crippen LogP) is 2.14. The van der Waals surface area contributed by atoms with E-state index in [1.807, 2.05) is 4.90 Å². The lowest BCUT2D eigenvalue weighted by Crippen LogP contribution is -2.36. The Hall–Kier alpha value is -3.23. The number of carbonyl (C=O) groups excluding carboxylic acids is 1. The summed E-state index contributed by atoms with van der Waals surface area (Å²) in [5.74, 6) is -0.393. The molecule has 3 heterocycles. The van der Waals surface area contributed by atoms with Crippen LogP contribution < -0.4 is 15.8 Å². The average Bonchev–Trinajstić information content (AvgIpc) is 2.67. The summed E-state index contributed by atoms with van der Waals surface area (Å²) in [5, 5.41) is 14.1. The van der Waals surface area contributed by atoms with E-state index in [2.05, 4.69) is 15.3 Å². The molecule has 1 aromatic heterocycles. The molecule has 0 saturated carbocycles. The highest BCUT2D eigenvalue weighted by molar-refractivity contribution is 5.94. The van der Waals surface area contributed by atoms with Crippen LogP contribution >= 0.6 is 0 Å². The molecule has 1 atom stereocenters. The van der Waals surface area contributed by atoms with Crippen LogP contribution in [0.5, 0.6) is 0 Å². The van der Waals surface area contributed by atoms with Crippen molar-refractivity contribution in [1.82, 2.24) is 9.97 Å². The van der Waals surface area contributed by atoms with Gasteiger partial charge in [-0.1, -0.05) is 18.2 Å². The number of nitrogens with one attached hydrogen (secondary N) is 2. The fourth-order valence-corrected chi connectivity index (χ4v) is 3.83. The van der Waals surface area contributed by atoms with Crippen LogP contribution in [0.3, 0.4) is 0 Å². The molecule has 2 aliphatic rings. The van der Waals surface area contributed by atoms with Crippen LogP contribution in [0.2, 0.25) is 0 Å². The second-order valence-electron chi connectivity index (χ2n) is 6.82. The minimum absolute atomic E-state index is 0.0360. The molecule has 4 rings (SSSR count). The Kier molecular flexibility index (Phi) is 4.35. The number of aromatic amines is 1. The van der Waals surface area contributed by atoms with Crippen LogP contribution in [0.4, 0.5) is 17.5 Å². The van der Waals surface area contributed by atoms with Gasteiger partial charge in [-0.2, -0.15) is 4.98 Å². The summed E-state index contributed by atoms with van der Waals surface area (Å²) in [7, 11) is 0. The Balaban J connectivity index is 1.82. The van der Waals surface area contributed by atoms with Crippen molar-refractivity contribution in [3.05, 3.63) is 55.9 Å². The van der Waals surface area contributed by atoms with Crippen LogP contribution in [0.15, 0.2) is 29.1 Å². The highest BCUT2D eigenvalue weighted by atomic mass is 16.6. The SMILES string of the molecule is O=C1C[C@@H](c2ccccc2[N+](=O)[O-])c2c(nc(N3CCCCC3)[nH]c2=O)N1. The number of para-hydroxylation sites is 1. The Bertz CT molecular complexity index is 964. The fraction of sp³-hybridized carbons (Fsp3) is 0.389. The molecule has 0 aliphatic carbocycles. The molecule has 9 nitrogen and oxygen atoms in total. The minimum Gasteiger partial charge on any atom is -0.342 e. The number of fused-ring (bicyclic) bond motifs is 1. The first-order valence-electron chi connectivity index (χ1n) is 8.97. The quantitative estimate of drug-likeness (QED) is 0.631. The van der Waals surface area contributed by atoms with E-state index in [0.717, 1.165) is 32.4 Å². The summed E-state index contributed by atoms with van der Waals surface area (Å²) in [6.07, 6.45) is 3.14. The molecule has 1 fully saturated rings. The zero-order valence-electron chi connectivity index (χ0n) is 14.6. The maximum Gasteiger partial charge on any atom is 0.273 e. The Labute approximate surface area is 154 Å². The van der Waals surface area contributed by atoms with Gasteiger partial charge in [0.25, 0.3) is 11.2 Å². The lowest BCUT2D eigenvalue weighted by Gasteiger charge is -2.29. The van der Waals surface area contributed by atoms with E-state index in [1.54, 1.807) is 18.2 Å². The van der Waals surface area contributed by atoms with Crippen LogP contribution in [0.1, 0.15) is 42.7 Å². The van der Waals surface area contributed by atoms with Gasteiger partial charge in [-0.15, -0.1) is 0 Å². The van der Waals surface area contributed by atoms with Gasteiger partial charge in [0.15, 0.2) is 0 Å². The number of H-pyrrole nitrogens is 1. The first kappa shape index (κ1) is 17.2. The third-order valence-electron chi connectivity index (χ3n) is 5.10. The lowest BCUT2D eigenvalue weighted by molar-refractivity contribution is -0.385. The fourth-order valence-electron chi connectivity index (χ4n) is 3.83. The highest BCUT2D eigenvalue weighted by Crippen LogP contribution is 2.38. The number of carbonyl (C=O) groups is 1. The molecular formula is C18H19N5O4. The molecular weight excluding hydrogens is 350 g/mol. The molecule has 2 aliphatic heterocycles. The van der Waals surface area contributed by atoms with Gasteiger partial charge in [0.05, 0.1) is 10.5 Å². The topological polar surface area (TPSA) is 121 Å². The number of hydrogen-bond donors (Lipinski definition) is 2. The van der Waals surface area contributed by atoms with Crippen LogP contribution in [-0.2, 0) is 4.79 Å². The van der Waals surface area contributed by atoms with Crippen molar-refractivity contribution < 1.29 is 9.72 Å². The average molecular weight is 369 g/mol. The largest absolute Gasteiger partial charge is 0.342 e. The van der Waals surface area contributed by atoms with Crippen molar-refractivity contribution in [3.8, 4) is 0 Å². The molecule has 1 amide bonds. The zero-order chi connectivity index (χ0) is 19.0. The van der Waals surface area contributed by atoms with Gasteiger partial charge >= 0.3 is 0 Å². The van der Waals surface area contributed by atoms with Crippen molar-refractivity contribution in [2.75, 3.05) is 23.3 Å². The van der Waals surface area contributed by atoms with E-state index in [1.165, 1.54) is 6.07 Å². The summed E-state index contributed by atoms with van der Waals surface area (Å²) in [5.41, 5.74) is 0.132. The van der Waals surface area contributed by atoms with E-state index < -0.39 is 10.8 Å². The normalized spacial score (nSPS) is 19.3. The van der Waals surface area contributed by atoms with Gasteiger partial charge in [0.2, 0.25) is 11.9 Å². The number of piperidine rings is 1. The van der Waals surface area contributed by atoms with Gasteiger partial charge in [0.1, 0.15) is 5.82 Å². The standard InChI is InChI=1S/C18H19N5O4/c24-14-10-12(11-6-2-3-7-13(11)23(26)27)15-16(19-14)20-18(21-17(15)25)22-8-4-1-5-9-22/h2-3,6-7,12H,1,4-5,8-10H2,(H2,19,20,21,24,25)/t12-/m0/s1. The van der Waals surface area contributed by atoms with Crippen molar-refractivity contribution in [1.29, 1.82) is 0 Å². The number of rotatable bonds is 3. The summed E-state index contributed by atoms with van der Waals surface area (Å²) in [6, 6.07) is 6.19. The molecule has 0 spiro atoms. The highest BCUT2D eigenvalue weighted by Gasteiger charge is 2.35. The summed E-state index contributed by atoms with van der Waals surface area (Å²) in [4.78, 5) is 45.3. The van der Waals surface area contributed by atoms with Crippen LogP contribution in [0.25, 0.3) is 0 Å². The maximum absolute atomic E-state index is 12.9. The number of amides is 1. The molecule has 140 valence electrons. The van der Waals surface area contributed by atoms with Gasteiger partial charge < -0.3 is 10.2 Å². The molecule has 0 bridgehead atoms. The predicted molar refractivity (Wildman–Crippen MR) is 99.1 cm³/mol. The number of anilines is 2. The van der Waals surface area contributed by atoms with E-state index >= 15 is 0 Å². The van der Waals surface area contributed by atoms with Crippen molar-refractivity contribution in [2.24, 2.45) is 0 Å². The smallest absolute Gasteiger partial charge is 0.273 e. The number of benzene rings is 1. The van der Waals surface area contributed by atoms with E-state index in [9.17, 15) is 19.7 Å². The third kappa shape index (κ3) is 3.16. The number of nitro groups is 1. The second-order valence-corrected chi connectivity index (χ2v) is 6.82. The molecule has 9 heteroatoms. The van der Waals surface area contributed by atoms with Gasteiger partial charge in [-0.3, -0.25) is 24.7 Å². The Morgan fingerprint density at radius 2 is 1.89 bits per heavy atom. The molecule has 2 aromatic rings. The van der Waals surface area contributed by atoms with Crippen LogP contribution in [-0.4, -0.2) is 33.9 Å². The Morgan fingerprint density at radius 3 is 2.63 bits per heavy atom. The summed E-state index contributed by atoms with van der Waals surface area (Å²) >= 11 is 0. The third-order valence-corrected chi connectivity index (χ3v) is 5.10. The molecule has 27 heavy (non-hydrogen) atoms. The van der Waals surface area contributed by atoms with Crippen molar-refractivity contribution >= 4 is 23.4 Å². The van der Waals surface area contributed by atoms with Gasteiger partial charge in [0, 0.05) is 37.1 Å². The summed E-state index contributed by atoms with van der Waals surface area (Å²) in [6.45, 7) is 1.59.